The van der Waals surface area contributed by atoms with Gasteiger partial charge in [0.1, 0.15) is 5.82 Å². The van der Waals surface area contributed by atoms with Gasteiger partial charge in [-0.15, -0.1) is 0 Å². The van der Waals surface area contributed by atoms with Crippen LogP contribution < -0.4 is 5.32 Å². The molecule has 5 heteroatoms. The Labute approximate surface area is 114 Å². The van der Waals surface area contributed by atoms with Gasteiger partial charge in [0.25, 0.3) is 0 Å². The van der Waals surface area contributed by atoms with Crippen LogP contribution in [0.4, 0.5) is 10.3 Å². The minimum absolute atomic E-state index is 0.289. The quantitative estimate of drug-likeness (QED) is 0.937. The van der Waals surface area contributed by atoms with Gasteiger partial charge in [0.2, 0.25) is 5.95 Å². The molecule has 0 radical (unpaired) electrons. The third-order valence-corrected chi connectivity index (χ3v) is 2.98. The van der Waals surface area contributed by atoms with Gasteiger partial charge in [0.05, 0.1) is 5.69 Å². The minimum Gasteiger partial charge on any atom is -0.354 e. The van der Waals surface area contributed by atoms with Gasteiger partial charge in [-0.1, -0.05) is 15.9 Å². The summed E-state index contributed by atoms with van der Waals surface area (Å²) in [5, 5.41) is 3.02. The van der Waals surface area contributed by atoms with E-state index in [-0.39, 0.29) is 5.82 Å². The summed E-state index contributed by atoms with van der Waals surface area (Å²) in [6.45, 7) is 4.55. The molecule has 0 fully saturated rings. The Morgan fingerprint density at radius 2 is 2.17 bits per heavy atom. The molecule has 0 saturated heterocycles. The molecular formula is C13H13BrFN3. The maximum atomic E-state index is 13.9. The maximum absolute atomic E-state index is 13.9. The zero-order valence-electron chi connectivity index (χ0n) is 10.2. The molecule has 0 atom stereocenters. The standard InChI is InChI=1S/C13H13BrFN3/c1-3-16-13-17-7-8(2)12(18-13)10-6-9(14)4-5-11(10)15/h4-7H,3H2,1-2H3,(H,16,17,18). The number of halogens is 2. The number of benzene rings is 1. The minimum atomic E-state index is -0.289. The highest BCUT2D eigenvalue weighted by Gasteiger charge is 2.11. The first-order chi connectivity index (χ1) is 8.61. The van der Waals surface area contributed by atoms with Gasteiger partial charge in [0.15, 0.2) is 0 Å². The van der Waals surface area contributed by atoms with Crippen LogP contribution >= 0.6 is 15.9 Å². The molecule has 94 valence electrons. The Kier molecular flexibility index (Phi) is 3.91. The molecule has 0 saturated carbocycles. The summed E-state index contributed by atoms with van der Waals surface area (Å²) in [7, 11) is 0. The zero-order valence-corrected chi connectivity index (χ0v) is 11.8. The Bertz CT molecular complexity index is 572. The molecule has 2 aromatic rings. The number of anilines is 1. The van der Waals surface area contributed by atoms with E-state index in [0.717, 1.165) is 16.6 Å². The van der Waals surface area contributed by atoms with Gasteiger partial charge >= 0.3 is 0 Å². The van der Waals surface area contributed by atoms with Crippen molar-refractivity contribution in [3.8, 4) is 11.3 Å². The average molecular weight is 310 g/mol. The number of nitrogens with zero attached hydrogens (tertiary/aromatic N) is 2. The van der Waals surface area contributed by atoms with Gasteiger partial charge in [-0.3, -0.25) is 0 Å². The smallest absolute Gasteiger partial charge is 0.223 e. The van der Waals surface area contributed by atoms with E-state index in [1.807, 2.05) is 13.8 Å². The highest BCUT2D eigenvalue weighted by Crippen LogP contribution is 2.27. The fourth-order valence-corrected chi connectivity index (χ4v) is 2.00. The summed E-state index contributed by atoms with van der Waals surface area (Å²) >= 11 is 3.34. The summed E-state index contributed by atoms with van der Waals surface area (Å²) < 4.78 is 14.7. The van der Waals surface area contributed by atoms with Crippen LogP contribution in [-0.4, -0.2) is 16.5 Å². The van der Waals surface area contributed by atoms with E-state index in [1.54, 1.807) is 18.3 Å². The highest BCUT2D eigenvalue weighted by atomic mass is 79.9. The predicted octanol–water partition coefficient (Wildman–Crippen LogP) is 3.79. The number of rotatable bonds is 3. The molecule has 1 aromatic carbocycles. The van der Waals surface area contributed by atoms with E-state index in [9.17, 15) is 4.39 Å². The van der Waals surface area contributed by atoms with Gasteiger partial charge < -0.3 is 5.32 Å². The van der Waals surface area contributed by atoms with Crippen molar-refractivity contribution < 1.29 is 4.39 Å². The van der Waals surface area contributed by atoms with Gasteiger partial charge in [-0.2, -0.15) is 0 Å². The molecule has 0 unspecified atom stereocenters. The number of aryl methyl sites for hydroxylation is 1. The van der Waals surface area contributed by atoms with Crippen molar-refractivity contribution >= 4 is 21.9 Å². The summed E-state index contributed by atoms with van der Waals surface area (Å²) in [5.41, 5.74) is 1.93. The molecule has 0 bridgehead atoms. The second-order valence-corrected chi connectivity index (χ2v) is 4.80. The Balaban J connectivity index is 2.55. The zero-order chi connectivity index (χ0) is 13.1. The molecule has 0 amide bonds. The van der Waals surface area contributed by atoms with Crippen molar-refractivity contribution in [2.24, 2.45) is 0 Å². The van der Waals surface area contributed by atoms with E-state index in [4.69, 9.17) is 0 Å². The first-order valence-corrected chi connectivity index (χ1v) is 6.44. The number of nitrogens with one attached hydrogen (secondary N) is 1. The third kappa shape index (κ3) is 2.67. The van der Waals surface area contributed by atoms with Crippen molar-refractivity contribution in [3.63, 3.8) is 0 Å². The van der Waals surface area contributed by atoms with Crippen molar-refractivity contribution in [2.75, 3.05) is 11.9 Å². The van der Waals surface area contributed by atoms with E-state index < -0.39 is 0 Å². The monoisotopic (exact) mass is 309 g/mol. The van der Waals surface area contributed by atoms with Crippen LogP contribution in [0.1, 0.15) is 12.5 Å². The second-order valence-electron chi connectivity index (χ2n) is 3.88. The van der Waals surface area contributed by atoms with Crippen LogP contribution in [0, 0.1) is 12.7 Å². The van der Waals surface area contributed by atoms with Crippen LogP contribution in [0.15, 0.2) is 28.9 Å². The molecule has 0 spiro atoms. The van der Waals surface area contributed by atoms with Gasteiger partial charge in [-0.25, -0.2) is 14.4 Å². The van der Waals surface area contributed by atoms with E-state index in [0.29, 0.717) is 17.2 Å². The lowest BCUT2D eigenvalue weighted by Crippen LogP contribution is -2.04. The largest absolute Gasteiger partial charge is 0.354 e. The molecule has 0 aliphatic rings. The lowest BCUT2D eigenvalue weighted by molar-refractivity contribution is 0.630. The van der Waals surface area contributed by atoms with Crippen molar-refractivity contribution in [2.45, 2.75) is 13.8 Å². The number of aromatic nitrogens is 2. The van der Waals surface area contributed by atoms with Gasteiger partial charge in [0, 0.05) is 22.8 Å². The van der Waals surface area contributed by atoms with Crippen molar-refractivity contribution in [1.29, 1.82) is 0 Å². The van der Waals surface area contributed by atoms with Gasteiger partial charge in [-0.05, 0) is 37.6 Å². The fourth-order valence-electron chi connectivity index (χ4n) is 1.64. The molecule has 0 aliphatic heterocycles. The summed E-state index contributed by atoms with van der Waals surface area (Å²) in [6.07, 6.45) is 1.70. The third-order valence-electron chi connectivity index (χ3n) is 2.49. The van der Waals surface area contributed by atoms with E-state index >= 15 is 0 Å². The Morgan fingerprint density at radius 3 is 2.89 bits per heavy atom. The lowest BCUT2D eigenvalue weighted by atomic mass is 10.1. The molecule has 3 nitrogen and oxygen atoms in total. The molecule has 2 rings (SSSR count). The SMILES string of the molecule is CCNc1ncc(C)c(-c2cc(Br)ccc2F)n1. The molecule has 1 heterocycles. The molecule has 0 aliphatic carbocycles. The molecule has 18 heavy (non-hydrogen) atoms. The normalized spacial score (nSPS) is 10.4. The summed E-state index contributed by atoms with van der Waals surface area (Å²) in [4.78, 5) is 8.50. The topological polar surface area (TPSA) is 37.8 Å². The second kappa shape index (κ2) is 5.44. The predicted molar refractivity (Wildman–Crippen MR) is 74.0 cm³/mol. The molecule has 1 aromatic heterocycles. The van der Waals surface area contributed by atoms with E-state index in [2.05, 4.69) is 31.2 Å². The molecular weight excluding hydrogens is 297 g/mol. The highest BCUT2D eigenvalue weighted by molar-refractivity contribution is 9.10. The maximum Gasteiger partial charge on any atom is 0.223 e. The van der Waals surface area contributed by atoms with E-state index in [1.165, 1.54) is 6.07 Å². The fraction of sp³-hybridized carbons (Fsp3) is 0.231. The number of hydrogen-bond donors (Lipinski definition) is 1. The first kappa shape index (κ1) is 13.0. The molecule has 1 N–H and O–H groups in total. The first-order valence-electron chi connectivity index (χ1n) is 5.64. The van der Waals surface area contributed by atoms with Crippen LogP contribution in [0.5, 0.6) is 0 Å². The van der Waals surface area contributed by atoms with Crippen molar-refractivity contribution in [3.05, 3.63) is 40.2 Å². The lowest BCUT2D eigenvalue weighted by Gasteiger charge is -2.09. The van der Waals surface area contributed by atoms with Crippen LogP contribution in [0.3, 0.4) is 0 Å². The Hall–Kier alpha value is -1.49. The van der Waals surface area contributed by atoms with Crippen LogP contribution in [0.25, 0.3) is 11.3 Å². The van der Waals surface area contributed by atoms with Crippen LogP contribution in [-0.2, 0) is 0 Å². The average Bonchev–Trinajstić information content (AvgIpc) is 2.35. The summed E-state index contributed by atoms with van der Waals surface area (Å²) in [6, 6.07) is 4.81. The van der Waals surface area contributed by atoms with Crippen LogP contribution in [0.2, 0.25) is 0 Å². The number of hydrogen-bond acceptors (Lipinski definition) is 3. The Morgan fingerprint density at radius 1 is 1.39 bits per heavy atom. The van der Waals surface area contributed by atoms with Crippen molar-refractivity contribution in [1.82, 2.24) is 9.97 Å². The summed E-state index contributed by atoms with van der Waals surface area (Å²) in [5.74, 6) is 0.222.